The zero-order chi connectivity index (χ0) is 13.1. The molecule has 0 radical (unpaired) electrons. The lowest BCUT2D eigenvalue weighted by molar-refractivity contribution is 0.00645. The number of benzene rings is 1. The molecule has 2 N–H and O–H groups in total. The summed E-state index contributed by atoms with van der Waals surface area (Å²) in [5, 5.41) is 0. The summed E-state index contributed by atoms with van der Waals surface area (Å²) in [5.74, 6) is -0.0571. The van der Waals surface area contributed by atoms with E-state index in [-0.39, 0.29) is 28.5 Å². The van der Waals surface area contributed by atoms with Gasteiger partial charge in [-0.1, -0.05) is 12.1 Å². The fraction of sp³-hybridized carbons (Fsp3) is 0.500. The fourth-order valence-electron chi connectivity index (χ4n) is 1.33. The molecule has 1 rings (SSSR count). The molecule has 4 nitrogen and oxygen atoms in total. The molecular weight excluding hydrogens is 238 g/mol. The number of nitrogen functional groups attached to an aromatic ring is 1. The van der Waals surface area contributed by atoms with E-state index in [0.29, 0.717) is 0 Å². The number of nitrogens with two attached hydrogens (primary N) is 1. The van der Waals surface area contributed by atoms with E-state index in [1.54, 1.807) is 18.2 Å². The maximum absolute atomic E-state index is 12.0. The minimum absolute atomic E-state index is 0.0571. The Bertz CT molecular complexity index is 475. The molecule has 0 saturated carbocycles. The summed E-state index contributed by atoms with van der Waals surface area (Å²) in [6.45, 7) is 5.82. The maximum atomic E-state index is 12.0. The first-order valence-corrected chi connectivity index (χ1v) is 7.09. The summed E-state index contributed by atoms with van der Waals surface area (Å²) < 4.78 is 29.4. The molecule has 0 amide bonds. The molecule has 0 bridgehead atoms. The summed E-state index contributed by atoms with van der Waals surface area (Å²) in [6, 6.07) is 6.47. The zero-order valence-electron chi connectivity index (χ0n) is 10.4. The smallest absolute Gasteiger partial charge is 0.182 e. The number of hydrogen-bond donors (Lipinski definition) is 1. The average molecular weight is 257 g/mol. The lowest BCUT2D eigenvalue weighted by atomic mass is 10.2. The van der Waals surface area contributed by atoms with Gasteiger partial charge in [0.05, 0.1) is 28.5 Å². The van der Waals surface area contributed by atoms with Crippen LogP contribution < -0.4 is 5.73 Å². The van der Waals surface area contributed by atoms with Gasteiger partial charge in [-0.2, -0.15) is 0 Å². The number of hydrogen-bond acceptors (Lipinski definition) is 4. The monoisotopic (exact) mass is 257 g/mol. The highest BCUT2D eigenvalue weighted by Crippen LogP contribution is 2.19. The largest absolute Gasteiger partial charge is 0.398 e. The molecule has 0 spiro atoms. The summed E-state index contributed by atoms with van der Waals surface area (Å²) >= 11 is 0. The van der Waals surface area contributed by atoms with Gasteiger partial charge in [0, 0.05) is 0 Å². The van der Waals surface area contributed by atoms with Crippen LogP contribution in [-0.4, -0.2) is 26.4 Å². The first kappa shape index (κ1) is 14.0. The van der Waals surface area contributed by atoms with Crippen LogP contribution in [0.4, 0.5) is 5.69 Å². The fourth-order valence-corrected chi connectivity index (χ4v) is 2.57. The lowest BCUT2D eigenvalue weighted by Crippen LogP contribution is -2.24. The standard InChI is InChI=1S/C12H19NO3S/c1-12(2,3)16-8-9-17(14,15)11-7-5-4-6-10(11)13/h4-7H,8-9,13H2,1-3H3. The van der Waals surface area contributed by atoms with Gasteiger partial charge in [0.1, 0.15) is 0 Å². The Balaban J connectivity index is 2.74. The highest BCUT2D eigenvalue weighted by molar-refractivity contribution is 7.91. The van der Waals surface area contributed by atoms with Crippen molar-refractivity contribution in [1.82, 2.24) is 0 Å². The second-order valence-electron chi connectivity index (χ2n) is 4.82. The third kappa shape index (κ3) is 4.36. The molecular formula is C12H19NO3S. The van der Waals surface area contributed by atoms with Crippen LogP contribution in [0.5, 0.6) is 0 Å². The summed E-state index contributed by atoms with van der Waals surface area (Å²) in [5.41, 5.74) is 5.59. The van der Waals surface area contributed by atoms with Crippen LogP contribution in [0, 0.1) is 0 Å². The number of sulfone groups is 1. The molecule has 5 heteroatoms. The van der Waals surface area contributed by atoms with E-state index in [0.717, 1.165) is 0 Å². The highest BCUT2D eigenvalue weighted by Gasteiger charge is 2.18. The lowest BCUT2D eigenvalue weighted by Gasteiger charge is -2.19. The summed E-state index contributed by atoms with van der Waals surface area (Å²) in [4.78, 5) is 0.178. The van der Waals surface area contributed by atoms with Gasteiger partial charge in [-0.25, -0.2) is 8.42 Å². The van der Waals surface area contributed by atoms with Crippen LogP contribution in [0.3, 0.4) is 0 Å². The Kier molecular flexibility index (Phi) is 4.16. The van der Waals surface area contributed by atoms with E-state index in [1.807, 2.05) is 20.8 Å². The molecule has 17 heavy (non-hydrogen) atoms. The van der Waals surface area contributed by atoms with Crippen molar-refractivity contribution in [2.75, 3.05) is 18.1 Å². The van der Waals surface area contributed by atoms with Gasteiger partial charge in [0.25, 0.3) is 0 Å². The molecule has 0 unspecified atom stereocenters. The second kappa shape index (κ2) is 5.06. The first-order valence-electron chi connectivity index (χ1n) is 5.43. The molecule has 0 atom stereocenters. The van der Waals surface area contributed by atoms with E-state index in [9.17, 15) is 8.42 Å². The van der Waals surface area contributed by atoms with Crippen molar-refractivity contribution in [3.63, 3.8) is 0 Å². The minimum Gasteiger partial charge on any atom is -0.398 e. The Labute approximate surface area is 103 Å². The average Bonchev–Trinajstić information content (AvgIpc) is 2.15. The van der Waals surface area contributed by atoms with Crippen molar-refractivity contribution in [3.05, 3.63) is 24.3 Å². The second-order valence-corrected chi connectivity index (χ2v) is 6.90. The van der Waals surface area contributed by atoms with Crippen molar-refractivity contribution < 1.29 is 13.2 Å². The summed E-state index contributed by atoms with van der Waals surface area (Å²) in [7, 11) is -3.36. The summed E-state index contributed by atoms with van der Waals surface area (Å²) in [6.07, 6.45) is 0. The van der Waals surface area contributed by atoms with Crippen LogP contribution in [0.1, 0.15) is 20.8 Å². The maximum Gasteiger partial charge on any atom is 0.182 e. The van der Waals surface area contributed by atoms with E-state index in [1.165, 1.54) is 6.07 Å². The van der Waals surface area contributed by atoms with Crippen molar-refractivity contribution >= 4 is 15.5 Å². The van der Waals surface area contributed by atoms with Crippen molar-refractivity contribution in [2.45, 2.75) is 31.3 Å². The third-order valence-electron chi connectivity index (χ3n) is 2.14. The molecule has 1 aromatic carbocycles. The van der Waals surface area contributed by atoms with E-state index in [2.05, 4.69) is 0 Å². The Hall–Kier alpha value is -1.07. The molecule has 0 aromatic heterocycles. The molecule has 0 aliphatic carbocycles. The molecule has 0 aliphatic heterocycles. The van der Waals surface area contributed by atoms with E-state index < -0.39 is 9.84 Å². The number of rotatable bonds is 4. The van der Waals surface area contributed by atoms with Crippen molar-refractivity contribution in [1.29, 1.82) is 0 Å². The third-order valence-corrected chi connectivity index (χ3v) is 3.89. The van der Waals surface area contributed by atoms with Crippen LogP contribution in [-0.2, 0) is 14.6 Å². The highest BCUT2D eigenvalue weighted by atomic mass is 32.2. The topological polar surface area (TPSA) is 69.4 Å². The minimum atomic E-state index is -3.36. The number of ether oxygens (including phenoxy) is 1. The van der Waals surface area contributed by atoms with Gasteiger partial charge in [0.2, 0.25) is 0 Å². The number of anilines is 1. The van der Waals surface area contributed by atoms with Gasteiger partial charge in [-0.3, -0.25) is 0 Å². The Morgan fingerprint density at radius 3 is 2.35 bits per heavy atom. The van der Waals surface area contributed by atoms with E-state index in [4.69, 9.17) is 10.5 Å². The quantitative estimate of drug-likeness (QED) is 0.836. The molecule has 0 heterocycles. The SMILES string of the molecule is CC(C)(C)OCCS(=O)(=O)c1ccccc1N. The molecule has 0 fully saturated rings. The van der Waals surface area contributed by atoms with Crippen LogP contribution in [0.15, 0.2) is 29.2 Å². The van der Waals surface area contributed by atoms with Crippen LogP contribution in [0.2, 0.25) is 0 Å². The number of para-hydroxylation sites is 1. The van der Waals surface area contributed by atoms with Gasteiger partial charge >= 0.3 is 0 Å². The zero-order valence-corrected chi connectivity index (χ0v) is 11.3. The molecule has 96 valence electrons. The Morgan fingerprint density at radius 1 is 1.24 bits per heavy atom. The van der Waals surface area contributed by atoms with Gasteiger partial charge in [0.15, 0.2) is 9.84 Å². The van der Waals surface area contributed by atoms with Crippen LogP contribution in [0.25, 0.3) is 0 Å². The van der Waals surface area contributed by atoms with Crippen molar-refractivity contribution in [3.8, 4) is 0 Å². The predicted molar refractivity (Wildman–Crippen MR) is 68.6 cm³/mol. The Morgan fingerprint density at radius 2 is 1.82 bits per heavy atom. The van der Waals surface area contributed by atoms with Gasteiger partial charge < -0.3 is 10.5 Å². The first-order chi connectivity index (χ1) is 7.72. The molecule has 1 aromatic rings. The predicted octanol–water partition coefficient (Wildman–Crippen LogP) is 1.86. The van der Waals surface area contributed by atoms with Gasteiger partial charge in [-0.15, -0.1) is 0 Å². The molecule has 0 aliphatic rings. The van der Waals surface area contributed by atoms with Crippen molar-refractivity contribution in [2.24, 2.45) is 0 Å². The normalized spacial score (nSPS) is 12.6. The van der Waals surface area contributed by atoms with E-state index >= 15 is 0 Å². The van der Waals surface area contributed by atoms with Gasteiger partial charge in [-0.05, 0) is 32.9 Å². The van der Waals surface area contributed by atoms with Crippen LogP contribution >= 0.6 is 0 Å². The molecule has 0 saturated heterocycles.